The fourth-order valence-corrected chi connectivity index (χ4v) is 6.39. The van der Waals surface area contributed by atoms with Gasteiger partial charge in [0.25, 0.3) is 0 Å². The molecule has 0 aliphatic heterocycles. The fourth-order valence-electron chi connectivity index (χ4n) is 3.90. The third-order valence-electron chi connectivity index (χ3n) is 5.24. The zero-order valence-electron chi connectivity index (χ0n) is 15.7. The third kappa shape index (κ3) is 3.03. The summed E-state index contributed by atoms with van der Waals surface area (Å²) in [7, 11) is -2.10. The Bertz CT molecular complexity index is 991. The van der Waals surface area contributed by atoms with Gasteiger partial charge in [-0.15, -0.1) is 11.3 Å². The first-order valence-corrected chi connectivity index (χ1v) is 11.8. The van der Waals surface area contributed by atoms with Crippen LogP contribution in [0.5, 0.6) is 0 Å². The van der Waals surface area contributed by atoms with E-state index in [9.17, 15) is 5.11 Å². The van der Waals surface area contributed by atoms with E-state index in [1.54, 1.807) is 11.3 Å². The van der Waals surface area contributed by atoms with Crippen LogP contribution < -0.4 is 5.14 Å². The van der Waals surface area contributed by atoms with Crippen molar-refractivity contribution in [2.24, 2.45) is 9.50 Å². The number of nitrogens with two attached hydrogens (primary N) is 1. The SMILES string of the molecule is C=S(N)(=Nc1c2c(cc3c1C(O)CC3)CCC2)c1cnc(C(C)(C)C)s1. The van der Waals surface area contributed by atoms with Crippen molar-refractivity contribution in [1.82, 2.24) is 4.98 Å². The van der Waals surface area contributed by atoms with Crippen LogP contribution >= 0.6 is 11.3 Å². The third-order valence-corrected chi connectivity index (χ3v) is 8.89. The van der Waals surface area contributed by atoms with E-state index in [1.807, 2.05) is 6.20 Å². The lowest BCUT2D eigenvalue weighted by Gasteiger charge is -2.16. The van der Waals surface area contributed by atoms with E-state index in [4.69, 9.17) is 9.50 Å². The van der Waals surface area contributed by atoms with E-state index in [1.165, 1.54) is 16.7 Å². The number of aliphatic hydroxyl groups is 1. The molecule has 4 rings (SSSR count). The minimum Gasteiger partial charge on any atom is -0.388 e. The van der Waals surface area contributed by atoms with Crippen molar-refractivity contribution in [2.45, 2.75) is 68.6 Å². The molecule has 1 heterocycles. The summed E-state index contributed by atoms with van der Waals surface area (Å²) < 4.78 is 5.95. The molecule has 140 valence electrons. The van der Waals surface area contributed by atoms with Gasteiger partial charge in [-0.05, 0) is 64.3 Å². The zero-order valence-corrected chi connectivity index (χ0v) is 17.3. The van der Waals surface area contributed by atoms with Crippen molar-refractivity contribution in [2.75, 3.05) is 0 Å². The van der Waals surface area contributed by atoms with Crippen LogP contribution in [-0.4, -0.2) is 16.0 Å². The molecule has 0 saturated carbocycles. The molecule has 0 spiro atoms. The van der Waals surface area contributed by atoms with Crippen LogP contribution in [0.1, 0.15) is 67.0 Å². The Morgan fingerprint density at radius 1 is 1.31 bits per heavy atom. The largest absolute Gasteiger partial charge is 0.388 e. The molecule has 2 aromatic rings. The van der Waals surface area contributed by atoms with Gasteiger partial charge in [0.05, 0.1) is 27.2 Å². The van der Waals surface area contributed by atoms with Crippen LogP contribution in [0.2, 0.25) is 0 Å². The van der Waals surface area contributed by atoms with Gasteiger partial charge in [-0.2, -0.15) is 0 Å². The number of aryl methyl sites for hydroxylation is 2. The Hall–Kier alpha value is -1.21. The van der Waals surface area contributed by atoms with Gasteiger partial charge in [-0.1, -0.05) is 26.8 Å². The second-order valence-corrected chi connectivity index (χ2v) is 11.8. The number of hydrogen-bond acceptors (Lipinski definition) is 4. The Morgan fingerprint density at radius 3 is 2.77 bits per heavy atom. The summed E-state index contributed by atoms with van der Waals surface area (Å²) in [5.74, 6) is 4.29. The van der Waals surface area contributed by atoms with Gasteiger partial charge in [-0.3, -0.25) is 5.14 Å². The van der Waals surface area contributed by atoms with Crippen LogP contribution in [0.15, 0.2) is 20.8 Å². The fraction of sp³-hybridized carbons (Fsp3) is 0.500. The summed E-state index contributed by atoms with van der Waals surface area (Å²) in [6, 6.07) is 2.29. The molecule has 1 aromatic heterocycles. The van der Waals surface area contributed by atoms with Gasteiger partial charge in [-0.25, -0.2) is 9.35 Å². The van der Waals surface area contributed by atoms with Gasteiger partial charge in [0.1, 0.15) is 0 Å². The van der Waals surface area contributed by atoms with Gasteiger partial charge in [0.15, 0.2) is 0 Å². The molecule has 0 amide bonds. The second-order valence-electron chi connectivity index (χ2n) is 8.42. The minimum atomic E-state index is -2.10. The van der Waals surface area contributed by atoms with Gasteiger partial charge in [0, 0.05) is 11.0 Å². The van der Waals surface area contributed by atoms with E-state index in [2.05, 4.69) is 37.7 Å². The average molecular weight is 390 g/mol. The number of rotatable bonds is 2. The molecule has 6 heteroatoms. The number of hydrogen-bond donors (Lipinski definition) is 2. The second kappa shape index (κ2) is 6.16. The highest BCUT2D eigenvalue weighted by atomic mass is 32.2. The zero-order chi connectivity index (χ0) is 18.7. The standard InChI is InChI=1S/C20H27N3OS2/c1-20(2,3)19-22-11-16(25-19)26(4,21)23-18-14-7-5-6-12(14)10-13-8-9-15(24)17(13)18/h10-11,15,24H,4-9H2,1-3H3,(H2,21,23). The summed E-state index contributed by atoms with van der Waals surface area (Å²) in [5, 5.41) is 18.3. The molecule has 0 saturated heterocycles. The number of aliphatic hydroxyl groups excluding tert-OH is 1. The van der Waals surface area contributed by atoms with E-state index >= 15 is 0 Å². The number of aromatic nitrogens is 1. The predicted molar refractivity (Wildman–Crippen MR) is 112 cm³/mol. The maximum absolute atomic E-state index is 10.5. The minimum absolute atomic E-state index is 0.0100. The highest BCUT2D eigenvalue weighted by Crippen LogP contribution is 2.45. The van der Waals surface area contributed by atoms with Crippen LogP contribution in [0.25, 0.3) is 0 Å². The summed E-state index contributed by atoms with van der Waals surface area (Å²) in [4.78, 5) is 4.57. The van der Waals surface area contributed by atoms with E-state index in [0.29, 0.717) is 0 Å². The summed E-state index contributed by atoms with van der Waals surface area (Å²) in [5.41, 5.74) is 5.81. The van der Waals surface area contributed by atoms with E-state index in [0.717, 1.165) is 52.6 Å². The first-order chi connectivity index (χ1) is 12.2. The Labute approximate surface area is 160 Å². The first-order valence-electron chi connectivity index (χ1n) is 9.16. The molecular weight excluding hydrogens is 362 g/mol. The lowest BCUT2D eigenvalue weighted by Crippen LogP contribution is -2.11. The first kappa shape index (κ1) is 18.2. The van der Waals surface area contributed by atoms with Gasteiger partial charge >= 0.3 is 0 Å². The lowest BCUT2D eigenvalue weighted by atomic mass is 9.98. The van der Waals surface area contributed by atoms with Crippen molar-refractivity contribution in [3.63, 3.8) is 0 Å². The molecule has 2 atom stereocenters. The maximum Gasteiger partial charge on any atom is 0.0990 e. The average Bonchev–Trinajstić information content (AvgIpc) is 3.25. The number of fused-ring (bicyclic) bond motifs is 2. The number of nitrogens with zero attached hydrogens (tertiary/aromatic N) is 2. The normalized spacial score (nSPS) is 21.3. The summed E-state index contributed by atoms with van der Waals surface area (Å²) >= 11 is 1.62. The van der Waals surface area contributed by atoms with Gasteiger partial charge in [0.2, 0.25) is 0 Å². The molecule has 2 aliphatic rings. The van der Waals surface area contributed by atoms with Crippen molar-refractivity contribution in [3.8, 4) is 0 Å². The molecule has 1 aromatic carbocycles. The highest BCUT2D eigenvalue weighted by Gasteiger charge is 2.29. The van der Waals surface area contributed by atoms with Crippen molar-refractivity contribution < 1.29 is 5.11 Å². The molecular formula is C20H27N3OS2. The van der Waals surface area contributed by atoms with E-state index in [-0.39, 0.29) is 5.41 Å². The number of benzene rings is 1. The highest BCUT2D eigenvalue weighted by molar-refractivity contribution is 8.02. The van der Waals surface area contributed by atoms with Gasteiger partial charge < -0.3 is 5.11 Å². The molecule has 3 N–H and O–H groups in total. The lowest BCUT2D eigenvalue weighted by molar-refractivity contribution is 0.180. The topological polar surface area (TPSA) is 71.5 Å². The van der Waals surface area contributed by atoms with Crippen molar-refractivity contribution in [1.29, 1.82) is 0 Å². The van der Waals surface area contributed by atoms with Crippen molar-refractivity contribution >= 4 is 32.5 Å². The Morgan fingerprint density at radius 2 is 2.08 bits per heavy atom. The molecule has 26 heavy (non-hydrogen) atoms. The summed E-state index contributed by atoms with van der Waals surface area (Å²) in [6.45, 7) is 6.45. The van der Waals surface area contributed by atoms with Crippen LogP contribution in [0, 0.1) is 0 Å². The molecule has 0 radical (unpaired) electrons. The number of thiazole rings is 1. The molecule has 0 fully saturated rings. The Kier molecular flexibility index (Phi) is 4.30. The molecule has 4 nitrogen and oxygen atoms in total. The van der Waals surface area contributed by atoms with E-state index < -0.39 is 15.7 Å². The predicted octanol–water partition coefficient (Wildman–Crippen LogP) is 4.24. The molecule has 2 unspecified atom stereocenters. The van der Waals surface area contributed by atoms with Crippen LogP contribution in [0.4, 0.5) is 5.69 Å². The quantitative estimate of drug-likeness (QED) is 0.755. The molecule has 2 aliphatic carbocycles. The maximum atomic E-state index is 10.5. The molecule has 0 bridgehead atoms. The smallest absolute Gasteiger partial charge is 0.0990 e. The van der Waals surface area contributed by atoms with Crippen LogP contribution in [0.3, 0.4) is 0 Å². The Balaban J connectivity index is 1.88. The van der Waals surface area contributed by atoms with Crippen LogP contribution in [-0.2, 0) is 34.3 Å². The monoisotopic (exact) mass is 389 g/mol. The van der Waals surface area contributed by atoms with Crippen molar-refractivity contribution in [3.05, 3.63) is 39.5 Å². The summed E-state index contributed by atoms with van der Waals surface area (Å²) in [6.07, 6.45) is 6.37.